The number of pyridine rings is 1. The number of benzene rings is 2. The molecule has 5 nitrogen and oxygen atoms in total. The zero-order valence-corrected chi connectivity index (χ0v) is 19.1. The first-order valence-corrected chi connectivity index (χ1v) is 11.2. The molecule has 0 bridgehead atoms. The number of carbonyl (C=O) groups excluding carboxylic acids is 1. The molecule has 0 aliphatic rings. The van der Waals surface area contributed by atoms with Crippen LogP contribution in [0.25, 0.3) is 0 Å². The molecule has 0 spiro atoms. The van der Waals surface area contributed by atoms with Gasteiger partial charge in [-0.1, -0.05) is 36.4 Å². The second-order valence-electron chi connectivity index (χ2n) is 7.48. The van der Waals surface area contributed by atoms with Crippen molar-refractivity contribution in [1.29, 1.82) is 0 Å². The minimum absolute atomic E-state index is 0.129. The van der Waals surface area contributed by atoms with E-state index >= 15 is 0 Å². The number of anilines is 2. The summed E-state index contributed by atoms with van der Waals surface area (Å²) in [4.78, 5) is 18.6. The molecule has 32 heavy (non-hydrogen) atoms. The van der Waals surface area contributed by atoms with Gasteiger partial charge >= 0.3 is 0 Å². The maximum Gasteiger partial charge on any atom is 0.256 e. The zero-order valence-electron chi connectivity index (χ0n) is 18.3. The average molecular weight is 444 g/mol. The highest BCUT2D eigenvalue weighted by molar-refractivity contribution is 7.16. The van der Waals surface area contributed by atoms with Gasteiger partial charge in [-0.05, 0) is 61.9 Å². The Labute approximate surface area is 192 Å². The number of amides is 1. The van der Waals surface area contributed by atoms with Crippen LogP contribution in [0.1, 0.15) is 38.1 Å². The Balaban J connectivity index is 1.72. The molecule has 0 aliphatic heterocycles. The molecular weight excluding hydrogens is 418 g/mol. The summed E-state index contributed by atoms with van der Waals surface area (Å²) in [5.74, 6) is 1.44. The Bertz CT molecular complexity index is 1200. The molecule has 162 valence electrons. The van der Waals surface area contributed by atoms with E-state index in [1.54, 1.807) is 18.4 Å². The summed E-state index contributed by atoms with van der Waals surface area (Å²) in [5, 5.41) is 7.49. The predicted molar refractivity (Wildman–Crippen MR) is 131 cm³/mol. The number of ether oxygens (including phenoxy) is 1. The van der Waals surface area contributed by atoms with Crippen LogP contribution >= 0.6 is 11.3 Å². The molecule has 2 aromatic heterocycles. The van der Waals surface area contributed by atoms with Crippen molar-refractivity contribution >= 4 is 28.1 Å². The first-order valence-electron chi connectivity index (χ1n) is 10.3. The van der Waals surface area contributed by atoms with Crippen LogP contribution in [0.2, 0.25) is 0 Å². The fraction of sp³-hybridized carbons (Fsp3) is 0.154. The summed E-state index contributed by atoms with van der Waals surface area (Å²) in [7, 11) is 1.65. The van der Waals surface area contributed by atoms with Crippen molar-refractivity contribution in [3.05, 3.63) is 106 Å². The van der Waals surface area contributed by atoms with Crippen LogP contribution < -0.4 is 15.4 Å². The smallest absolute Gasteiger partial charge is 0.256 e. The van der Waals surface area contributed by atoms with E-state index in [0.29, 0.717) is 5.56 Å². The van der Waals surface area contributed by atoms with Crippen LogP contribution in [0.5, 0.6) is 5.75 Å². The number of aryl methyl sites for hydroxylation is 2. The maximum absolute atomic E-state index is 12.9. The second-order valence-corrected chi connectivity index (χ2v) is 8.73. The number of carbonyl (C=O) groups is 1. The van der Waals surface area contributed by atoms with E-state index in [-0.39, 0.29) is 11.9 Å². The Morgan fingerprint density at radius 3 is 2.41 bits per heavy atom. The van der Waals surface area contributed by atoms with Gasteiger partial charge in [0.1, 0.15) is 16.6 Å². The minimum atomic E-state index is -0.203. The van der Waals surface area contributed by atoms with Crippen molar-refractivity contribution in [3.63, 3.8) is 0 Å². The lowest BCUT2D eigenvalue weighted by Gasteiger charge is -2.21. The standard InChI is InChI=1S/C26H25N3O2S/c1-17-8-7-11-23(27-17)28-24(19-12-14-21(31-3)15-13-19)22-16-18(2)32-26(22)29-25(30)20-9-5-4-6-10-20/h4-16,24H,1-3H3,(H,27,28)(H,29,30). The first kappa shape index (κ1) is 21.6. The van der Waals surface area contributed by atoms with Gasteiger partial charge in [-0.15, -0.1) is 11.3 Å². The van der Waals surface area contributed by atoms with Gasteiger partial charge in [0.05, 0.1) is 13.2 Å². The first-order chi connectivity index (χ1) is 15.5. The third-order valence-electron chi connectivity index (χ3n) is 5.09. The quantitative estimate of drug-likeness (QED) is 0.356. The third kappa shape index (κ3) is 4.98. The molecule has 0 saturated heterocycles. The fourth-order valence-electron chi connectivity index (χ4n) is 3.52. The van der Waals surface area contributed by atoms with E-state index in [1.165, 1.54) is 0 Å². The minimum Gasteiger partial charge on any atom is -0.497 e. The largest absolute Gasteiger partial charge is 0.497 e. The third-order valence-corrected chi connectivity index (χ3v) is 6.07. The van der Waals surface area contributed by atoms with E-state index in [4.69, 9.17) is 4.74 Å². The zero-order chi connectivity index (χ0) is 22.5. The second kappa shape index (κ2) is 9.66. The Hall–Kier alpha value is -3.64. The van der Waals surface area contributed by atoms with Gasteiger partial charge in [0.25, 0.3) is 5.91 Å². The summed E-state index contributed by atoms with van der Waals surface area (Å²) >= 11 is 1.56. The van der Waals surface area contributed by atoms with Crippen molar-refractivity contribution in [2.45, 2.75) is 19.9 Å². The summed E-state index contributed by atoms with van der Waals surface area (Å²) < 4.78 is 5.33. The Morgan fingerprint density at radius 2 is 1.72 bits per heavy atom. The molecule has 1 amide bonds. The summed E-state index contributed by atoms with van der Waals surface area (Å²) in [6, 6.07) is 25.0. The molecule has 0 aliphatic carbocycles. The lowest BCUT2D eigenvalue weighted by Crippen LogP contribution is -2.17. The molecule has 0 fully saturated rings. The van der Waals surface area contributed by atoms with Crippen LogP contribution in [-0.4, -0.2) is 18.0 Å². The van der Waals surface area contributed by atoms with Gasteiger partial charge in [-0.2, -0.15) is 0 Å². The van der Waals surface area contributed by atoms with Crippen molar-refractivity contribution in [2.75, 3.05) is 17.7 Å². The number of thiophene rings is 1. The van der Waals surface area contributed by atoms with Crippen LogP contribution in [0, 0.1) is 13.8 Å². The number of nitrogens with zero attached hydrogens (tertiary/aromatic N) is 1. The molecule has 1 unspecified atom stereocenters. The SMILES string of the molecule is COc1ccc(C(Nc2cccc(C)n2)c2cc(C)sc2NC(=O)c2ccccc2)cc1. The van der Waals surface area contributed by atoms with E-state index in [1.807, 2.05) is 86.6 Å². The molecule has 4 aromatic rings. The van der Waals surface area contributed by atoms with E-state index in [2.05, 4.69) is 21.7 Å². The highest BCUT2D eigenvalue weighted by Gasteiger charge is 2.22. The van der Waals surface area contributed by atoms with Crippen molar-refractivity contribution in [1.82, 2.24) is 4.98 Å². The van der Waals surface area contributed by atoms with Crippen molar-refractivity contribution in [2.24, 2.45) is 0 Å². The number of hydrogen-bond acceptors (Lipinski definition) is 5. The number of nitrogens with one attached hydrogen (secondary N) is 2. The number of methoxy groups -OCH3 is 1. The molecule has 0 radical (unpaired) electrons. The lowest BCUT2D eigenvalue weighted by atomic mass is 9.99. The van der Waals surface area contributed by atoms with Crippen molar-refractivity contribution in [3.8, 4) is 5.75 Å². The summed E-state index contributed by atoms with van der Waals surface area (Å²) in [6.45, 7) is 4.01. The topological polar surface area (TPSA) is 63.2 Å². The molecular formula is C26H25N3O2S. The lowest BCUT2D eigenvalue weighted by molar-refractivity contribution is 0.102. The molecule has 2 heterocycles. The molecule has 2 N–H and O–H groups in total. The Morgan fingerprint density at radius 1 is 0.969 bits per heavy atom. The normalized spacial score (nSPS) is 11.6. The van der Waals surface area contributed by atoms with Crippen LogP contribution in [0.3, 0.4) is 0 Å². The van der Waals surface area contributed by atoms with Crippen molar-refractivity contribution < 1.29 is 9.53 Å². The molecule has 2 aromatic carbocycles. The van der Waals surface area contributed by atoms with Crippen LogP contribution in [-0.2, 0) is 0 Å². The van der Waals surface area contributed by atoms with Gasteiger partial charge in [0, 0.05) is 21.7 Å². The van der Waals surface area contributed by atoms with Gasteiger partial charge in [-0.25, -0.2) is 4.98 Å². The maximum atomic E-state index is 12.9. The summed E-state index contributed by atoms with van der Waals surface area (Å²) in [6.07, 6.45) is 0. The number of rotatable bonds is 7. The molecule has 1 atom stereocenters. The van der Waals surface area contributed by atoms with Crippen LogP contribution in [0.4, 0.5) is 10.8 Å². The van der Waals surface area contributed by atoms with E-state index < -0.39 is 0 Å². The number of hydrogen-bond donors (Lipinski definition) is 2. The summed E-state index contributed by atoms with van der Waals surface area (Å²) in [5.41, 5.74) is 3.59. The molecule has 6 heteroatoms. The molecule has 4 rings (SSSR count). The van der Waals surface area contributed by atoms with Gasteiger partial charge < -0.3 is 15.4 Å². The van der Waals surface area contributed by atoms with Gasteiger partial charge in [-0.3, -0.25) is 4.79 Å². The van der Waals surface area contributed by atoms with E-state index in [9.17, 15) is 4.79 Å². The average Bonchev–Trinajstić information content (AvgIpc) is 3.17. The predicted octanol–water partition coefficient (Wildman–Crippen LogP) is 6.22. The highest BCUT2D eigenvalue weighted by Crippen LogP contribution is 2.38. The van der Waals surface area contributed by atoms with E-state index in [0.717, 1.165) is 38.3 Å². The monoisotopic (exact) mass is 443 g/mol. The Kier molecular flexibility index (Phi) is 6.52. The number of aromatic nitrogens is 1. The molecule has 0 saturated carbocycles. The fourth-order valence-corrected chi connectivity index (χ4v) is 4.47. The highest BCUT2D eigenvalue weighted by atomic mass is 32.1. The van der Waals surface area contributed by atoms with Gasteiger partial charge in [0.2, 0.25) is 0 Å². The van der Waals surface area contributed by atoms with Gasteiger partial charge in [0.15, 0.2) is 0 Å². The van der Waals surface area contributed by atoms with Crippen LogP contribution in [0.15, 0.2) is 78.9 Å².